The molecule has 0 fully saturated rings. The highest BCUT2D eigenvalue weighted by atomic mass is 16.6. The van der Waals surface area contributed by atoms with Crippen LogP contribution in [-0.2, 0) is 13.0 Å². The van der Waals surface area contributed by atoms with Gasteiger partial charge in [-0.2, -0.15) is 0 Å². The van der Waals surface area contributed by atoms with Crippen LogP contribution in [0.4, 0.5) is 5.69 Å². The van der Waals surface area contributed by atoms with Crippen LogP contribution in [0.1, 0.15) is 25.0 Å². The second-order valence-corrected chi connectivity index (χ2v) is 4.88. The molecular weight excluding hydrogens is 216 g/mol. The van der Waals surface area contributed by atoms with Crippen molar-refractivity contribution >= 4 is 5.69 Å². The zero-order valence-corrected chi connectivity index (χ0v) is 10.3. The molecule has 4 nitrogen and oxygen atoms in total. The Kier molecular flexibility index (Phi) is 3.43. The van der Waals surface area contributed by atoms with E-state index in [1.54, 1.807) is 12.1 Å². The van der Waals surface area contributed by atoms with Gasteiger partial charge in [-0.1, -0.05) is 19.9 Å². The lowest BCUT2D eigenvalue weighted by Crippen LogP contribution is -2.32. The van der Waals surface area contributed by atoms with Crippen LogP contribution in [0, 0.1) is 16.0 Å². The third kappa shape index (κ3) is 2.82. The maximum absolute atomic E-state index is 10.7. The minimum atomic E-state index is -0.323. The summed E-state index contributed by atoms with van der Waals surface area (Å²) in [6, 6.07) is 5.21. The maximum Gasteiger partial charge on any atom is 0.269 e. The third-order valence-corrected chi connectivity index (χ3v) is 3.03. The SMILES string of the molecule is C[C](C)CN1CCc2cc([N+](=O)[O-])ccc2C1. The molecular formula is C13H17N2O2. The Bertz CT molecular complexity index is 429. The second kappa shape index (κ2) is 4.84. The lowest BCUT2D eigenvalue weighted by atomic mass is 9.98. The van der Waals surface area contributed by atoms with E-state index in [1.165, 1.54) is 11.5 Å². The predicted octanol–water partition coefficient (Wildman–Crippen LogP) is 2.57. The van der Waals surface area contributed by atoms with Crippen LogP contribution < -0.4 is 0 Å². The molecule has 0 atom stereocenters. The van der Waals surface area contributed by atoms with E-state index in [-0.39, 0.29) is 10.6 Å². The molecule has 0 aliphatic carbocycles. The van der Waals surface area contributed by atoms with Gasteiger partial charge in [-0.15, -0.1) is 0 Å². The molecule has 0 saturated carbocycles. The van der Waals surface area contributed by atoms with E-state index in [2.05, 4.69) is 18.7 Å². The summed E-state index contributed by atoms with van der Waals surface area (Å²) in [6.45, 7) is 7.16. The highest BCUT2D eigenvalue weighted by molar-refractivity contribution is 5.41. The van der Waals surface area contributed by atoms with Crippen LogP contribution in [0.3, 0.4) is 0 Å². The molecule has 0 bridgehead atoms. The van der Waals surface area contributed by atoms with Crippen molar-refractivity contribution in [2.45, 2.75) is 26.8 Å². The normalized spacial score (nSPS) is 15.9. The molecule has 1 aliphatic heterocycles. The Balaban J connectivity index is 2.14. The van der Waals surface area contributed by atoms with Gasteiger partial charge in [0.05, 0.1) is 4.92 Å². The van der Waals surface area contributed by atoms with Crippen molar-refractivity contribution in [2.24, 2.45) is 0 Å². The molecule has 2 rings (SSSR count). The van der Waals surface area contributed by atoms with Gasteiger partial charge < -0.3 is 0 Å². The summed E-state index contributed by atoms with van der Waals surface area (Å²) in [7, 11) is 0. The minimum absolute atomic E-state index is 0.204. The molecule has 1 aromatic rings. The van der Waals surface area contributed by atoms with Crippen LogP contribution in [-0.4, -0.2) is 22.9 Å². The number of nitrogens with zero attached hydrogens (tertiary/aromatic N) is 2. The van der Waals surface area contributed by atoms with Gasteiger partial charge in [0.25, 0.3) is 5.69 Å². The van der Waals surface area contributed by atoms with E-state index in [4.69, 9.17) is 0 Å². The van der Waals surface area contributed by atoms with Gasteiger partial charge in [0.1, 0.15) is 0 Å². The highest BCUT2D eigenvalue weighted by Gasteiger charge is 2.19. The summed E-state index contributed by atoms with van der Waals surface area (Å²) < 4.78 is 0. The first-order chi connectivity index (χ1) is 8.06. The van der Waals surface area contributed by atoms with Crippen molar-refractivity contribution in [1.82, 2.24) is 4.90 Å². The third-order valence-electron chi connectivity index (χ3n) is 3.03. The van der Waals surface area contributed by atoms with E-state index >= 15 is 0 Å². The van der Waals surface area contributed by atoms with Crippen LogP contribution in [0.25, 0.3) is 0 Å². The van der Waals surface area contributed by atoms with Crippen LogP contribution in [0.15, 0.2) is 18.2 Å². The van der Waals surface area contributed by atoms with E-state index in [0.717, 1.165) is 31.6 Å². The first-order valence-electron chi connectivity index (χ1n) is 5.84. The molecule has 1 radical (unpaired) electrons. The van der Waals surface area contributed by atoms with Gasteiger partial charge in [0.2, 0.25) is 0 Å². The molecule has 0 amide bonds. The van der Waals surface area contributed by atoms with Gasteiger partial charge in [-0.05, 0) is 23.5 Å². The fourth-order valence-electron chi connectivity index (χ4n) is 2.29. The van der Waals surface area contributed by atoms with Crippen molar-refractivity contribution in [1.29, 1.82) is 0 Å². The highest BCUT2D eigenvalue weighted by Crippen LogP contribution is 2.24. The molecule has 1 aliphatic rings. The van der Waals surface area contributed by atoms with Gasteiger partial charge in [-0.25, -0.2) is 0 Å². The lowest BCUT2D eigenvalue weighted by molar-refractivity contribution is -0.384. The monoisotopic (exact) mass is 233 g/mol. The molecule has 4 heteroatoms. The number of non-ortho nitro benzene ring substituents is 1. The lowest BCUT2D eigenvalue weighted by Gasteiger charge is -2.29. The predicted molar refractivity (Wildman–Crippen MR) is 66.7 cm³/mol. The smallest absolute Gasteiger partial charge is 0.269 e. The number of rotatable bonds is 3. The van der Waals surface area contributed by atoms with Gasteiger partial charge in [0.15, 0.2) is 0 Å². The Morgan fingerprint density at radius 3 is 2.82 bits per heavy atom. The van der Waals surface area contributed by atoms with Crippen molar-refractivity contribution in [3.63, 3.8) is 0 Å². The number of fused-ring (bicyclic) bond motifs is 1. The Labute approximate surface area is 101 Å². The number of hydrogen-bond acceptors (Lipinski definition) is 3. The van der Waals surface area contributed by atoms with E-state index in [0.29, 0.717) is 0 Å². The van der Waals surface area contributed by atoms with E-state index in [1.807, 2.05) is 6.07 Å². The zero-order chi connectivity index (χ0) is 12.4. The molecule has 0 saturated heterocycles. The van der Waals surface area contributed by atoms with Crippen LogP contribution in [0.5, 0.6) is 0 Å². The van der Waals surface area contributed by atoms with Crippen molar-refractivity contribution in [3.05, 3.63) is 45.4 Å². The zero-order valence-electron chi connectivity index (χ0n) is 10.3. The Hall–Kier alpha value is -1.42. The standard InChI is InChI=1S/C13H17N2O2/c1-10(2)8-14-6-5-11-7-13(15(16)17)4-3-12(11)9-14/h3-4,7H,5-6,8-9H2,1-2H3. The molecule has 1 heterocycles. The molecule has 1 aromatic carbocycles. The maximum atomic E-state index is 10.7. The van der Waals surface area contributed by atoms with Gasteiger partial charge in [0, 0.05) is 31.8 Å². The fraction of sp³-hybridized carbons (Fsp3) is 0.462. The molecule has 0 spiro atoms. The van der Waals surface area contributed by atoms with Gasteiger partial charge >= 0.3 is 0 Å². The van der Waals surface area contributed by atoms with E-state index < -0.39 is 0 Å². The van der Waals surface area contributed by atoms with Crippen LogP contribution in [0.2, 0.25) is 0 Å². The van der Waals surface area contributed by atoms with Crippen molar-refractivity contribution in [2.75, 3.05) is 13.1 Å². The van der Waals surface area contributed by atoms with Gasteiger partial charge in [-0.3, -0.25) is 15.0 Å². The topological polar surface area (TPSA) is 46.4 Å². The number of hydrogen-bond donors (Lipinski definition) is 0. The summed E-state index contributed by atoms with van der Waals surface area (Å²) in [5, 5.41) is 10.7. The summed E-state index contributed by atoms with van der Waals surface area (Å²) in [5.41, 5.74) is 2.56. The molecule has 0 N–H and O–H groups in total. The summed E-state index contributed by atoms with van der Waals surface area (Å²) >= 11 is 0. The number of nitro benzene ring substituents is 1. The summed E-state index contributed by atoms with van der Waals surface area (Å²) in [4.78, 5) is 12.7. The average molecular weight is 233 g/mol. The summed E-state index contributed by atoms with van der Waals surface area (Å²) in [6.07, 6.45) is 0.907. The quantitative estimate of drug-likeness (QED) is 0.595. The average Bonchev–Trinajstić information content (AvgIpc) is 2.27. The number of benzene rings is 1. The van der Waals surface area contributed by atoms with Crippen molar-refractivity contribution < 1.29 is 4.92 Å². The molecule has 0 aromatic heterocycles. The molecule has 0 unspecified atom stereocenters. The van der Waals surface area contributed by atoms with Crippen molar-refractivity contribution in [3.8, 4) is 0 Å². The first-order valence-corrected chi connectivity index (χ1v) is 5.84. The second-order valence-electron chi connectivity index (χ2n) is 4.88. The first kappa shape index (κ1) is 12.0. The Morgan fingerprint density at radius 2 is 2.18 bits per heavy atom. The Morgan fingerprint density at radius 1 is 1.41 bits per heavy atom. The number of nitro groups is 1. The summed E-state index contributed by atoms with van der Waals surface area (Å²) in [5.74, 6) is 1.40. The van der Waals surface area contributed by atoms with Crippen LogP contribution >= 0.6 is 0 Å². The fourth-order valence-corrected chi connectivity index (χ4v) is 2.29. The molecule has 91 valence electrons. The largest absolute Gasteiger partial charge is 0.298 e. The minimum Gasteiger partial charge on any atom is -0.298 e. The molecule has 17 heavy (non-hydrogen) atoms. The van der Waals surface area contributed by atoms with E-state index in [9.17, 15) is 10.1 Å².